The number of rotatable bonds is 3. The number of methoxy groups -OCH3 is 1. The summed E-state index contributed by atoms with van der Waals surface area (Å²) in [6, 6.07) is 2.91. The molecular formula is C8H9FN2O4S. The molecule has 0 fully saturated rings. The summed E-state index contributed by atoms with van der Waals surface area (Å²) in [6.45, 7) is 0. The van der Waals surface area contributed by atoms with Crippen LogP contribution in [-0.2, 0) is 14.9 Å². The van der Waals surface area contributed by atoms with Gasteiger partial charge in [-0.25, -0.2) is 14.3 Å². The van der Waals surface area contributed by atoms with E-state index in [1.807, 2.05) is 4.72 Å². The van der Waals surface area contributed by atoms with Crippen LogP contribution >= 0.6 is 0 Å². The zero-order valence-corrected chi connectivity index (χ0v) is 9.05. The minimum Gasteiger partial charge on any atom is -0.465 e. The van der Waals surface area contributed by atoms with Crippen molar-refractivity contribution >= 4 is 21.9 Å². The van der Waals surface area contributed by atoms with E-state index in [0.717, 1.165) is 25.3 Å². The van der Waals surface area contributed by atoms with Gasteiger partial charge in [-0.1, -0.05) is 0 Å². The Morgan fingerprint density at radius 1 is 1.50 bits per heavy atom. The van der Waals surface area contributed by atoms with Gasteiger partial charge in [-0.2, -0.15) is 8.42 Å². The zero-order valence-electron chi connectivity index (χ0n) is 8.23. The molecule has 0 spiro atoms. The predicted octanol–water partition coefficient (Wildman–Crippen LogP) is 0.228. The Bertz CT molecular complexity index is 515. The highest BCUT2D eigenvalue weighted by Crippen LogP contribution is 2.18. The molecule has 0 aliphatic rings. The Hall–Kier alpha value is -1.67. The number of ether oxygens (including phenoxy) is 1. The molecule has 16 heavy (non-hydrogen) atoms. The van der Waals surface area contributed by atoms with Gasteiger partial charge in [-0.15, -0.1) is 0 Å². The van der Waals surface area contributed by atoms with Crippen molar-refractivity contribution in [1.29, 1.82) is 0 Å². The van der Waals surface area contributed by atoms with Gasteiger partial charge in [0, 0.05) is 0 Å². The van der Waals surface area contributed by atoms with E-state index in [4.69, 9.17) is 5.14 Å². The quantitative estimate of drug-likeness (QED) is 0.748. The van der Waals surface area contributed by atoms with Gasteiger partial charge in [0.05, 0.1) is 18.4 Å². The Balaban J connectivity index is 3.23. The van der Waals surface area contributed by atoms with Crippen molar-refractivity contribution < 1.29 is 22.3 Å². The van der Waals surface area contributed by atoms with Crippen LogP contribution in [0, 0.1) is 5.82 Å². The first-order valence-corrected chi connectivity index (χ1v) is 5.56. The topological polar surface area (TPSA) is 98.5 Å². The van der Waals surface area contributed by atoms with E-state index in [9.17, 15) is 17.6 Å². The second-order valence-electron chi connectivity index (χ2n) is 2.83. The zero-order chi connectivity index (χ0) is 12.3. The van der Waals surface area contributed by atoms with Gasteiger partial charge in [-0.05, 0) is 18.2 Å². The van der Waals surface area contributed by atoms with Crippen LogP contribution < -0.4 is 9.86 Å². The number of carbonyl (C=O) groups excluding carboxylic acids is 1. The molecule has 1 aromatic carbocycles. The van der Waals surface area contributed by atoms with Crippen LogP contribution in [0.5, 0.6) is 0 Å². The van der Waals surface area contributed by atoms with Gasteiger partial charge in [0.15, 0.2) is 0 Å². The molecule has 0 aliphatic carbocycles. The van der Waals surface area contributed by atoms with Crippen molar-refractivity contribution in [3.05, 3.63) is 29.6 Å². The highest BCUT2D eigenvalue weighted by Gasteiger charge is 2.15. The van der Waals surface area contributed by atoms with E-state index in [1.54, 1.807) is 0 Å². The van der Waals surface area contributed by atoms with Crippen LogP contribution in [0.1, 0.15) is 10.4 Å². The largest absolute Gasteiger partial charge is 0.465 e. The lowest BCUT2D eigenvalue weighted by Crippen LogP contribution is -2.23. The molecule has 0 aliphatic heterocycles. The number of anilines is 1. The fraction of sp³-hybridized carbons (Fsp3) is 0.125. The molecule has 3 N–H and O–H groups in total. The summed E-state index contributed by atoms with van der Waals surface area (Å²) in [6.07, 6.45) is 0. The van der Waals surface area contributed by atoms with Crippen LogP contribution in [0.2, 0.25) is 0 Å². The summed E-state index contributed by atoms with van der Waals surface area (Å²) in [5.74, 6) is -1.56. The maximum Gasteiger partial charge on any atom is 0.340 e. The van der Waals surface area contributed by atoms with Crippen molar-refractivity contribution in [3.8, 4) is 0 Å². The molecule has 0 unspecified atom stereocenters. The second-order valence-corrected chi connectivity index (χ2v) is 4.12. The maximum absolute atomic E-state index is 12.9. The van der Waals surface area contributed by atoms with Crippen molar-refractivity contribution in [2.75, 3.05) is 11.8 Å². The minimum absolute atomic E-state index is 0.143. The van der Waals surface area contributed by atoms with Crippen molar-refractivity contribution in [2.45, 2.75) is 0 Å². The van der Waals surface area contributed by atoms with Gasteiger partial charge in [-0.3, -0.25) is 4.72 Å². The van der Waals surface area contributed by atoms with Crippen LogP contribution in [0.25, 0.3) is 0 Å². The maximum atomic E-state index is 12.9. The summed E-state index contributed by atoms with van der Waals surface area (Å²) in [5.41, 5.74) is -0.396. The number of esters is 1. The number of hydrogen-bond acceptors (Lipinski definition) is 4. The molecule has 6 nitrogen and oxygen atoms in total. The first kappa shape index (κ1) is 12.4. The monoisotopic (exact) mass is 248 g/mol. The Morgan fingerprint density at radius 3 is 2.62 bits per heavy atom. The SMILES string of the molecule is COC(=O)c1cc(F)ccc1NS(N)(=O)=O. The fourth-order valence-electron chi connectivity index (χ4n) is 1.04. The molecule has 1 rings (SSSR count). The van der Waals surface area contributed by atoms with Crippen molar-refractivity contribution in [2.24, 2.45) is 5.14 Å². The van der Waals surface area contributed by atoms with Crippen LogP contribution in [0.15, 0.2) is 18.2 Å². The fourth-order valence-corrected chi connectivity index (χ4v) is 1.52. The number of carbonyl (C=O) groups is 1. The number of halogens is 1. The van der Waals surface area contributed by atoms with Crippen LogP contribution in [0.4, 0.5) is 10.1 Å². The molecule has 0 atom stereocenters. The third kappa shape index (κ3) is 3.17. The van der Waals surface area contributed by atoms with Gasteiger partial charge < -0.3 is 4.74 Å². The lowest BCUT2D eigenvalue weighted by molar-refractivity contribution is 0.0601. The summed E-state index contributed by atoms with van der Waals surface area (Å²) in [5, 5.41) is 4.73. The molecule has 0 aromatic heterocycles. The number of benzene rings is 1. The molecule has 0 radical (unpaired) electrons. The smallest absolute Gasteiger partial charge is 0.340 e. The Labute approximate surface area is 91.4 Å². The third-order valence-electron chi connectivity index (χ3n) is 1.64. The highest BCUT2D eigenvalue weighted by molar-refractivity contribution is 7.90. The van der Waals surface area contributed by atoms with Gasteiger partial charge in [0.1, 0.15) is 5.82 Å². The number of hydrogen-bond donors (Lipinski definition) is 2. The van der Waals surface area contributed by atoms with E-state index in [2.05, 4.69) is 4.74 Å². The lowest BCUT2D eigenvalue weighted by atomic mass is 10.2. The van der Waals surface area contributed by atoms with Crippen LogP contribution in [0.3, 0.4) is 0 Å². The number of nitrogens with one attached hydrogen (secondary N) is 1. The highest BCUT2D eigenvalue weighted by atomic mass is 32.2. The Kier molecular flexibility index (Phi) is 3.45. The first-order chi connectivity index (χ1) is 7.33. The van der Waals surface area contributed by atoms with Crippen molar-refractivity contribution in [3.63, 3.8) is 0 Å². The van der Waals surface area contributed by atoms with E-state index in [-0.39, 0.29) is 11.3 Å². The lowest BCUT2D eigenvalue weighted by Gasteiger charge is -2.08. The van der Waals surface area contributed by atoms with E-state index >= 15 is 0 Å². The Morgan fingerprint density at radius 2 is 2.12 bits per heavy atom. The molecular weight excluding hydrogens is 239 g/mol. The normalized spacial score (nSPS) is 10.9. The van der Waals surface area contributed by atoms with E-state index in [1.165, 1.54) is 0 Å². The van der Waals surface area contributed by atoms with Gasteiger partial charge >= 0.3 is 5.97 Å². The predicted molar refractivity (Wildman–Crippen MR) is 54.5 cm³/mol. The van der Waals surface area contributed by atoms with Gasteiger partial charge in [0.25, 0.3) is 10.2 Å². The summed E-state index contributed by atoms with van der Waals surface area (Å²) in [4.78, 5) is 11.2. The molecule has 0 saturated carbocycles. The standard InChI is InChI=1S/C8H9FN2O4S/c1-15-8(12)6-4-5(9)2-3-7(6)11-16(10,13)14/h2-4,11H,1H3,(H2,10,13,14). The number of nitrogens with two attached hydrogens (primary N) is 1. The molecule has 8 heteroatoms. The third-order valence-corrected chi connectivity index (χ3v) is 2.14. The minimum atomic E-state index is -4.03. The molecule has 0 heterocycles. The average Bonchev–Trinajstić information content (AvgIpc) is 2.17. The summed E-state index contributed by atoms with van der Waals surface area (Å²) in [7, 11) is -2.94. The second kappa shape index (κ2) is 4.45. The molecule has 88 valence electrons. The molecule has 0 bridgehead atoms. The average molecular weight is 248 g/mol. The summed E-state index contributed by atoms with van der Waals surface area (Å²) < 4.78 is 40.6. The van der Waals surface area contributed by atoms with Gasteiger partial charge in [0.2, 0.25) is 0 Å². The molecule has 0 amide bonds. The van der Waals surface area contributed by atoms with Crippen LogP contribution in [-0.4, -0.2) is 21.5 Å². The van der Waals surface area contributed by atoms with E-state index in [0.29, 0.717) is 0 Å². The van der Waals surface area contributed by atoms with E-state index < -0.39 is 22.0 Å². The summed E-state index contributed by atoms with van der Waals surface area (Å²) >= 11 is 0. The first-order valence-electron chi connectivity index (χ1n) is 4.02. The molecule has 1 aromatic rings. The van der Waals surface area contributed by atoms with Crippen molar-refractivity contribution in [1.82, 2.24) is 0 Å². The molecule has 0 saturated heterocycles.